The smallest absolute Gasteiger partial charge is 0.306 e. The van der Waals surface area contributed by atoms with E-state index in [4.69, 9.17) is 5.11 Å². The van der Waals surface area contributed by atoms with Crippen LogP contribution in [-0.2, 0) is 4.79 Å². The molecule has 0 unspecified atom stereocenters. The molecule has 0 aromatic carbocycles. The lowest BCUT2D eigenvalue weighted by molar-refractivity contribution is -0.143. The Bertz CT molecular complexity index is 159. The van der Waals surface area contributed by atoms with Crippen molar-refractivity contribution in [1.29, 1.82) is 0 Å². The molecule has 0 bridgehead atoms. The molecule has 0 radical (unpaired) electrons. The highest BCUT2D eigenvalue weighted by Crippen LogP contribution is 2.17. The molecule has 0 saturated heterocycles. The normalized spacial score (nSPS) is 15.8. The number of carboxylic acid groups (broad SMARTS) is 1. The highest BCUT2D eigenvalue weighted by Gasteiger charge is 2.21. The first kappa shape index (κ1) is 12.8. The summed E-state index contributed by atoms with van der Waals surface area (Å²) in [6.45, 7) is 3.95. The molecule has 3 nitrogen and oxygen atoms in total. The number of rotatable bonds is 6. The molecule has 0 amide bonds. The van der Waals surface area contributed by atoms with Gasteiger partial charge in [0, 0.05) is 5.75 Å². The van der Waals surface area contributed by atoms with Crippen LogP contribution in [0.5, 0.6) is 0 Å². The molecule has 0 aliphatic heterocycles. The van der Waals surface area contributed by atoms with Crippen molar-refractivity contribution in [1.82, 2.24) is 0 Å². The average molecular weight is 206 g/mol. The third-order valence-corrected chi connectivity index (χ3v) is 2.29. The number of thiol groups is 1. The molecule has 0 heterocycles. The molecule has 0 spiro atoms. The first-order valence-corrected chi connectivity index (χ1v) is 5.12. The SMILES string of the molecule is CC(C)C[C@H](C[C@H](O)CS)C(=O)O. The van der Waals surface area contributed by atoms with E-state index in [9.17, 15) is 9.90 Å². The zero-order valence-electron chi connectivity index (χ0n) is 8.10. The predicted molar refractivity (Wildman–Crippen MR) is 55.1 cm³/mol. The van der Waals surface area contributed by atoms with E-state index in [1.165, 1.54) is 0 Å². The van der Waals surface area contributed by atoms with Crippen LogP contribution in [0.1, 0.15) is 26.7 Å². The molecular weight excluding hydrogens is 188 g/mol. The fraction of sp³-hybridized carbons (Fsp3) is 0.889. The van der Waals surface area contributed by atoms with Crippen LogP contribution in [0, 0.1) is 11.8 Å². The second kappa shape index (κ2) is 6.27. The van der Waals surface area contributed by atoms with Crippen molar-refractivity contribution in [3.8, 4) is 0 Å². The second-order valence-electron chi connectivity index (χ2n) is 3.74. The Balaban J connectivity index is 4.02. The Morgan fingerprint density at radius 1 is 1.38 bits per heavy atom. The molecule has 0 rings (SSSR count). The molecule has 0 aliphatic rings. The average Bonchev–Trinajstić information content (AvgIpc) is 2.02. The van der Waals surface area contributed by atoms with Crippen LogP contribution >= 0.6 is 12.6 Å². The quantitative estimate of drug-likeness (QED) is 0.576. The van der Waals surface area contributed by atoms with Crippen LogP contribution in [0.3, 0.4) is 0 Å². The van der Waals surface area contributed by atoms with E-state index in [1.54, 1.807) is 0 Å². The summed E-state index contributed by atoms with van der Waals surface area (Å²) in [5.74, 6) is -0.605. The predicted octanol–water partition coefficient (Wildman–Crippen LogP) is 1.41. The van der Waals surface area contributed by atoms with E-state index in [0.29, 0.717) is 24.5 Å². The van der Waals surface area contributed by atoms with Gasteiger partial charge in [-0.15, -0.1) is 0 Å². The van der Waals surface area contributed by atoms with Gasteiger partial charge in [-0.2, -0.15) is 12.6 Å². The van der Waals surface area contributed by atoms with E-state index in [0.717, 1.165) is 0 Å². The number of carboxylic acids is 1. The Hall–Kier alpha value is -0.220. The summed E-state index contributed by atoms with van der Waals surface area (Å²) in [6, 6.07) is 0. The molecule has 13 heavy (non-hydrogen) atoms. The summed E-state index contributed by atoms with van der Waals surface area (Å²) >= 11 is 3.91. The molecule has 2 N–H and O–H groups in total. The summed E-state index contributed by atoms with van der Waals surface area (Å²) < 4.78 is 0. The third kappa shape index (κ3) is 5.93. The summed E-state index contributed by atoms with van der Waals surface area (Å²) in [5.41, 5.74) is 0. The van der Waals surface area contributed by atoms with Crippen LogP contribution < -0.4 is 0 Å². The van der Waals surface area contributed by atoms with Crippen molar-refractivity contribution >= 4 is 18.6 Å². The lowest BCUT2D eigenvalue weighted by Crippen LogP contribution is -2.23. The molecule has 78 valence electrons. The van der Waals surface area contributed by atoms with Crippen molar-refractivity contribution in [2.24, 2.45) is 11.8 Å². The van der Waals surface area contributed by atoms with Crippen molar-refractivity contribution in [2.75, 3.05) is 5.75 Å². The van der Waals surface area contributed by atoms with Crippen LogP contribution in [0.25, 0.3) is 0 Å². The number of carbonyl (C=O) groups is 1. The van der Waals surface area contributed by atoms with Crippen LogP contribution in [0.15, 0.2) is 0 Å². The molecule has 0 aliphatic carbocycles. The van der Waals surface area contributed by atoms with Crippen molar-refractivity contribution < 1.29 is 15.0 Å². The fourth-order valence-electron chi connectivity index (χ4n) is 1.27. The van der Waals surface area contributed by atoms with E-state index in [1.807, 2.05) is 13.8 Å². The van der Waals surface area contributed by atoms with Crippen LogP contribution in [-0.4, -0.2) is 28.0 Å². The molecule has 2 atom stereocenters. The number of hydrogen-bond acceptors (Lipinski definition) is 3. The minimum Gasteiger partial charge on any atom is -0.481 e. The topological polar surface area (TPSA) is 57.5 Å². The fourth-order valence-corrected chi connectivity index (χ4v) is 1.42. The molecule has 0 aromatic rings. The molecule has 4 heteroatoms. The van der Waals surface area contributed by atoms with Crippen molar-refractivity contribution in [3.05, 3.63) is 0 Å². The number of aliphatic carboxylic acids is 1. The van der Waals surface area contributed by atoms with Gasteiger partial charge in [0.2, 0.25) is 0 Å². The monoisotopic (exact) mass is 206 g/mol. The first-order chi connectivity index (χ1) is 5.97. The van der Waals surface area contributed by atoms with E-state index in [2.05, 4.69) is 12.6 Å². The largest absolute Gasteiger partial charge is 0.481 e. The number of aliphatic hydroxyl groups excluding tert-OH is 1. The van der Waals surface area contributed by atoms with Gasteiger partial charge in [-0.1, -0.05) is 13.8 Å². The van der Waals surface area contributed by atoms with Crippen molar-refractivity contribution in [2.45, 2.75) is 32.8 Å². The van der Waals surface area contributed by atoms with Gasteiger partial charge in [0.1, 0.15) is 0 Å². The van der Waals surface area contributed by atoms with E-state index >= 15 is 0 Å². The summed E-state index contributed by atoms with van der Waals surface area (Å²) in [7, 11) is 0. The minimum atomic E-state index is -0.825. The van der Waals surface area contributed by atoms with Crippen molar-refractivity contribution in [3.63, 3.8) is 0 Å². The molecule has 0 fully saturated rings. The molecular formula is C9H18O3S. The van der Waals surface area contributed by atoms with Crippen LogP contribution in [0.4, 0.5) is 0 Å². The van der Waals surface area contributed by atoms with E-state index in [-0.39, 0.29) is 0 Å². The van der Waals surface area contributed by atoms with Gasteiger partial charge >= 0.3 is 5.97 Å². The number of aliphatic hydroxyl groups is 1. The minimum absolute atomic E-state index is 0.303. The van der Waals surface area contributed by atoms with Crippen LogP contribution in [0.2, 0.25) is 0 Å². The van der Waals surface area contributed by atoms with E-state index < -0.39 is 18.0 Å². The first-order valence-electron chi connectivity index (χ1n) is 4.49. The lowest BCUT2D eigenvalue weighted by atomic mass is 9.92. The van der Waals surface area contributed by atoms with Gasteiger partial charge in [0.25, 0.3) is 0 Å². The maximum absolute atomic E-state index is 10.8. The summed E-state index contributed by atoms with van der Waals surface area (Å²) in [6.07, 6.45) is 0.306. The van der Waals surface area contributed by atoms with Gasteiger partial charge in [0.15, 0.2) is 0 Å². The second-order valence-corrected chi connectivity index (χ2v) is 4.10. The summed E-state index contributed by atoms with van der Waals surface area (Å²) in [4.78, 5) is 10.8. The lowest BCUT2D eigenvalue weighted by Gasteiger charge is -2.16. The van der Waals surface area contributed by atoms with Gasteiger partial charge in [-0.05, 0) is 18.8 Å². The Kier molecular flexibility index (Phi) is 6.16. The molecule has 0 saturated carbocycles. The Labute approximate surface area is 84.6 Å². The zero-order valence-corrected chi connectivity index (χ0v) is 9.00. The number of hydrogen-bond donors (Lipinski definition) is 3. The summed E-state index contributed by atoms with van der Waals surface area (Å²) in [5, 5.41) is 18.1. The van der Waals surface area contributed by atoms with Gasteiger partial charge in [-0.25, -0.2) is 0 Å². The maximum atomic E-state index is 10.8. The maximum Gasteiger partial charge on any atom is 0.306 e. The Morgan fingerprint density at radius 2 is 1.92 bits per heavy atom. The Morgan fingerprint density at radius 3 is 2.23 bits per heavy atom. The standard InChI is InChI=1S/C9H18O3S/c1-6(2)3-7(9(11)12)4-8(10)5-13/h6-8,10,13H,3-5H2,1-2H3,(H,11,12)/t7-,8+/m1/s1. The highest BCUT2D eigenvalue weighted by molar-refractivity contribution is 7.80. The van der Waals surface area contributed by atoms with Gasteiger partial charge in [-0.3, -0.25) is 4.79 Å². The van der Waals surface area contributed by atoms with Gasteiger partial charge in [0.05, 0.1) is 12.0 Å². The van der Waals surface area contributed by atoms with Gasteiger partial charge < -0.3 is 10.2 Å². The highest BCUT2D eigenvalue weighted by atomic mass is 32.1. The third-order valence-electron chi connectivity index (χ3n) is 1.87. The zero-order chi connectivity index (χ0) is 10.4. The molecule has 0 aromatic heterocycles.